The number of carboxylic acid groups (broad SMARTS) is 2. The van der Waals surface area contributed by atoms with Gasteiger partial charge in [-0.15, -0.1) is 0 Å². The van der Waals surface area contributed by atoms with Gasteiger partial charge in [-0.25, -0.2) is 9.59 Å². The van der Waals surface area contributed by atoms with Crippen molar-refractivity contribution in [2.24, 2.45) is 0 Å². The fraction of sp³-hybridized carbons (Fsp3) is 0.100. The smallest absolute Gasteiger partial charge is 0.340 e. The summed E-state index contributed by atoms with van der Waals surface area (Å²) in [4.78, 5) is 32.3. The second-order valence-electron chi connectivity index (χ2n) is 2.84. The van der Waals surface area contributed by atoms with Crippen LogP contribution >= 0.6 is 0 Å². The summed E-state index contributed by atoms with van der Waals surface area (Å²) in [7, 11) is 1.14. The van der Waals surface area contributed by atoms with Crippen molar-refractivity contribution in [2.75, 3.05) is 7.11 Å². The van der Waals surface area contributed by atoms with E-state index in [4.69, 9.17) is 14.9 Å². The number of hydrogen-bond acceptors (Lipinski definition) is 4. The van der Waals surface area contributed by atoms with Crippen LogP contribution in [-0.4, -0.2) is 35.5 Å². The Morgan fingerprint density at radius 1 is 1.25 bits per heavy atom. The minimum atomic E-state index is -1.41. The average Bonchev–Trinajstić information content (AvgIpc) is 2.26. The first-order valence-corrected chi connectivity index (χ1v) is 4.15. The summed E-state index contributed by atoms with van der Waals surface area (Å²) in [6, 6.07) is 2.25. The Kier molecular flexibility index (Phi) is 3.24. The third kappa shape index (κ3) is 1.85. The highest BCUT2D eigenvalue weighted by Crippen LogP contribution is 2.26. The molecule has 0 radical (unpaired) electrons. The van der Waals surface area contributed by atoms with Gasteiger partial charge >= 0.3 is 11.9 Å². The van der Waals surface area contributed by atoms with Crippen LogP contribution < -0.4 is 4.74 Å². The molecule has 2 N–H and O–H groups in total. The van der Waals surface area contributed by atoms with E-state index >= 15 is 0 Å². The van der Waals surface area contributed by atoms with E-state index in [0.717, 1.165) is 19.2 Å². The van der Waals surface area contributed by atoms with Crippen LogP contribution in [0.3, 0.4) is 0 Å². The molecule has 0 amide bonds. The number of benzene rings is 1. The number of hydrogen-bond donors (Lipinski definition) is 2. The molecule has 0 atom stereocenters. The molecular formula is C10H8O6. The highest BCUT2D eigenvalue weighted by molar-refractivity contribution is 6.04. The number of methoxy groups -OCH3 is 1. The standard InChI is InChI=1S/C10H8O6/c1-16-8-6(9(12)13)3-2-5(4-11)7(8)10(14)15/h2-4H,1H3,(H,12,13)(H,14,15). The highest BCUT2D eigenvalue weighted by Gasteiger charge is 2.22. The van der Waals surface area contributed by atoms with Crippen molar-refractivity contribution in [1.82, 2.24) is 0 Å². The Labute approximate surface area is 90.1 Å². The Morgan fingerprint density at radius 3 is 2.25 bits per heavy atom. The fourth-order valence-electron chi connectivity index (χ4n) is 1.30. The molecule has 6 nitrogen and oxygen atoms in total. The number of carbonyl (C=O) groups is 3. The van der Waals surface area contributed by atoms with Crippen LogP contribution in [0.1, 0.15) is 31.1 Å². The molecule has 0 unspecified atom stereocenters. The molecule has 0 bridgehead atoms. The molecule has 0 fully saturated rings. The zero-order chi connectivity index (χ0) is 12.3. The van der Waals surface area contributed by atoms with Crippen molar-refractivity contribution < 1.29 is 29.3 Å². The number of aldehydes is 1. The van der Waals surface area contributed by atoms with Gasteiger partial charge in [-0.05, 0) is 12.1 Å². The van der Waals surface area contributed by atoms with Crippen LogP contribution in [0, 0.1) is 0 Å². The molecule has 0 spiro atoms. The van der Waals surface area contributed by atoms with Crippen LogP contribution in [0.5, 0.6) is 5.75 Å². The lowest BCUT2D eigenvalue weighted by Crippen LogP contribution is -2.10. The fourth-order valence-corrected chi connectivity index (χ4v) is 1.30. The maximum absolute atomic E-state index is 10.9. The van der Waals surface area contributed by atoms with Crippen molar-refractivity contribution >= 4 is 18.2 Å². The molecule has 84 valence electrons. The van der Waals surface area contributed by atoms with E-state index in [1.165, 1.54) is 0 Å². The number of aromatic carboxylic acids is 2. The molecule has 6 heteroatoms. The van der Waals surface area contributed by atoms with Gasteiger partial charge in [0.25, 0.3) is 0 Å². The van der Waals surface area contributed by atoms with E-state index in [0.29, 0.717) is 6.29 Å². The lowest BCUT2D eigenvalue weighted by Gasteiger charge is -2.09. The molecule has 16 heavy (non-hydrogen) atoms. The van der Waals surface area contributed by atoms with E-state index in [-0.39, 0.29) is 16.9 Å². The number of rotatable bonds is 4. The summed E-state index contributed by atoms with van der Waals surface area (Å²) in [6.45, 7) is 0. The largest absolute Gasteiger partial charge is 0.495 e. The molecule has 0 aliphatic rings. The van der Waals surface area contributed by atoms with Crippen molar-refractivity contribution in [3.05, 3.63) is 28.8 Å². The first-order chi connectivity index (χ1) is 7.52. The van der Waals surface area contributed by atoms with Crippen LogP contribution in [0.4, 0.5) is 0 Å². The van der Waals surface area contributed by atoms with Crippen LogP contribution in [0.25, 0.3) is 0 Å². The predicted octanol–water partition coefficient (Wildman–Crippen LogP) is 0.904. The van der Waals surface area contributed by atoms with E-state index in [1.54, 1.807) is 0 Å². The predicted molar refractivity (Wildman–Crippen MR) is 52.3 cm³/mol. The molecule has 1 rings (SSSR count). The van der Waals surface area contributed by atoms with Gasteiger partial charge in [-0.3, -0.25) is 4.79 Å². The molecule has 0 saturated carbocycles. The molecule has 0 aliphatic heterocycles. The molecule has 1 aromatic rings. The first kappa shape index (κ1) is 11.7. The summed E-state index contributed by atoms with van der Waals surface area (Å²) < 4.78 is 4.72. The van der Waals surface area contributed by atoms with Gasteiger partial charge in [0.15, 0.2) is 6.29 Å². The van der Waals surface area contributed by atoms with Gasteiger partial charge in [0.2, 0.25) is 0 Å². The molecule has 0 heterocycles. The summed E-state index contributed by atoms with van der Waals surface area (Å²) in [6.07, 6.45) is 0.331. The highest BCUT2D eigenvalue weighted by atomic mass is 16.5. The Hall–Kier alpha value is -2.37. The van der Waals surface area contributed by atoms with Gasteiger partial charge < -0.3 is 14.9 Å². The number of ether oxygens (including phenoxy) is 1. The van der Waals surface area contributed by atoms with Crippen molar-refractivity contribution in [1.29, 1.82) is 0 Å². The van der Waals surface area contributed by atoms with Gasteiger partial charge in [-0.1, -0.05) is 0 Å². The van der Waals surface area contributed by atoms with E-state index in [9.17, 15) is 14.4 Å². The second kappa shape index (κ2) is 4.43. The van der Waals surface area contributed by atoms with Gasteiger partial charge in [0.05, 0.1) is 7.11 Å². The van der Waals surface area contributed by atoms with E-state index < -0.39 is 17.5 Å². The SMILES string of the molecule is COc1c(C(=O)O)ccc(C=O)c1C(=O)O. The van der Waals surface area contributed by atoms with Crippen LogP contribution in [-0.2, 0) is 0 Å². The summed E-state index contributed by atoms with van der Waals surface area (Å²) in [5.74, 6) is -3.07. The third-order valence-electron chi connectivity index (χ3n) is 1.97. The van der Waals surface area contributed by atoms with Crippen molar-refractivity contribution in [3.63, 3.8) is 0 Å². The van der Waals surface area contributed by atoms with Gasteiger partial charge in [-0.2, -0.15) is 0 Å². The Morgan fingerprint density at radius 2 is 1.88 bits per heavy atom. The lowest BCUT2D eigenvalue weighted by molar-refractivity contribution is 0.0688. The zero-order valence-electron chi connectivity index (χ0n) is 8.26. The molecule has 0 saturated heterocycles. The molecule has 0 aliphatic carbocycles. The quantitative estimate of drug-likeness (QED) is 0.737. The normalized spacial score (nSPS) is 9.56. The van der Waals surface area contributed by atoms with Crippen LogP contribution in [0.15, 0.2) is 12.1 Å². The first-order valence-electron chi connectivity index (χ1n) is 4.15. The van der Waals surface area contributed by atoms with E-state index in [2.05, 4.69) is 0 Å². The Bertz CT molecular complexity index is 463. The lowest BCUT2D eigenvalue weighted by atomic mass is 10.0. The second-order valence-corrected chi connectivity index (χ2v) is 2.84. The van der Waals surface area contributed by atoms with Crippen molar-refractivity contribution in [3.8, 4) is 5.75 Å². The number of carbonyl (C=O) groups excluding carboxylic acids is 1. The third-order valence-corrected chi connectivity index (χ3v) is 1.97. The maximum atomic E-state index is 10.9. The summed E-state index contributed by atoms with van der Waals surface area (Å²) in [5, 5.41) is 17.7. The van der Waals surface area contributed by atoms with Crippen molar-refractivity contribution in [2.45, 2.75) is 0 Å². The molecule has 0 aromatic heterocycles. The van der Waals surface area contributed by atoms with Crippen LogP contribution in [0.2, 0.25) is 0 Å². The van der Waals surface area contributed by atoms with E-state index in [1.807, 2.05) is 0 Å². The zero-order valence-corrected chi connectivity index (χ0v) is 8.26. The summed E-state index contributed by atoms with van der Waals surface area (Å²) in [5.41, 5.74) is -0.878. The maximum Gasteiger partial charge on any atom is 0.340 e. The monoisotopic (exact) mass is 224 g/mol. The average molecular weight is 224 g/mol. The minimum absolute atomic E-state index is 0.130. The topological polar surface area (TPSA) is 101 Å². The number of carboxylic acids is 2. The Balaban J connectivity index is 3.62. The van der Waals surface area contributed by atoms with Gasteiger partial charge in [0.1, 0.15) is 16.9 Å². The van der Waals surface area contributed by atoms with Gasteiger partial charge in [0, 0.05) is 5.56 Å². The molecular weight excluding hydrogens is 216 g/mol. The minimum Gasteiger partial charge on any atom is -0.495 e. The summed E-state index contributed by atoms with van der Waals surface area (Å²) >= 11 is 0. The molecule has 1 aromatic carbocycles.